The Kier molecular flexibility index (Phi) is 9.64. The van der Waals surface area contributed by atoms with Crippen molar-refractivity contribution in [1.29, 1.82) is 10.5 Å². The molecule has 5 nitrogen and oxygen atoms in total. The standard InChI is InChI=1S/C63H41N5/c1-40-27-31-57-53(33-40)51-23-9-11-25-55(51)67(57)49-21-13-19-44(36-49)60-59(46-29-30-47(38-64)48(35-46)39-65)61(63(43-17-7-4-8-18-43)66-62(60)42-15-5-3-6-16-42)45-20-14-22-50(37-45)68-56-26-12-10-24-52(56)54-34-41(2)28-32-58(54)68/h3-37H,1-2H3. The van der Waals surface area contributed by atoms with Crippen molar-refractivity contribution >= 4 is 43.6 Å². The Bertz CT molecular complexity index is 3840. The Balaban J connectivity index is 1.22. The Morgan fingerprint density at radius 2 is 0.765 bits per heavy atom. The van der Waals surface area contributed by atoms with Gasteiger partial charge in [0, 0.05) is 60.7 Å². The SMILES string of the molecule is Cc1ccc2c(c1)c1ccccc1n2-c1cccc(-c2c(-c3ccccc3)nc(-c3ccccc3)c(-c3cccc(-n4c5ccccc5c5cc(C)ccc54)c3)c2-c2ccc(C#N)c(C#N)c2)c1. The van der Waals surface area contributed by atoms with Crippen LogP contribution in [0, 0.1) is 36.5 Å². The summed E-state index contributed by atoms with van der Waals surface area (Å²) in [5.41, 5.74) is 18.5. The molecule has 9 aromatic carbocycles. The molecule has 0 fully saturated rings. The van der Waals surface area contributed by atoms with E-state index in [1.165, 1.54) is 32.7 Å². The lowest BCUT2D eigenvalue weighted by atomic mass is 9.82. The lowest BCUT2D eigenvalue weighted by molar-refractivity contribution is 1.18. The highest BCUT2D eigenvalue weighted by Gasteiger charge is 2.27. The molecule has 0 amide bonds. The predicted molar refractivity (Wildman–Crippen MR) is 279 cm³/mol. The molecule has 12 aromatic rings. The molecule has 12 rings (SSSR count). The van der Waals surface area contributed by atoms with Crippen molar-refractivity contribution in [3.63, 3.8) is 0 Å². The van der Waals surface area contributed by atoms with Crippen LogP contribution in [0.3, 0.4) is 0 Å². The van der Waals surface area contributed by atoms with E-state index in [9.17, 15) is 10.5 Å². The van der Waals surface area contributed by atoms with Crippen LogP contribution < -0.4 is 0 Å². The third-order valence-corrected chi connectivity index (χ3v) is 13.3. The molecule has 0 atom stereocenters. The summed E-state index contributed by atoms with van der Waals surface area (Å²) < 4.78 is 4.71. The molecule has 5 heteroatoms. The van der Waals surface area contributed by atoms with E-state index in [1.54, 1.807) is 6.07 Å². The third kappa shape index (κ3) is 6.57. The van der Waals surface area contributed by atoms with E-state index in [0.717, 1.165) is 89.3 Å². The van der Waals surface area contributed by atoms with Gasteiger partial charge in [-0.15, -0.1) is 0 Å². The summed E-state index contributed by atoms with van der Waals surface area (Å²) in [4.78, 5) is 5.80. The number of hydrogen-bond donors (Lipinski definition) is 0. The fourth-order valence-electron chi connectivity index (χ4n) is 10.3. The first-order chi connectivity index (χ1) is 33.5. The second-order valence-electron chi connectivity index (χ2n) is 17.5. The summed E-state index contributed by atoms with van der Waals surface area (Å²) in [6.45, 7) is 4.28. The Hall–Kier alpha value is -9.29. The van der Waals surface area contributed by atoms with Crippen LogP contribution in [0.25, 0.3) is 111 Å². The van der Waals surface area contributed by atoms with Gasteiger partial charge in [0.2, 0.25) is 0 Å². The van der Waals surface area contributed by atoms with Crippen LogP contribution in [0.1, 0.15) is 22.3 Å². The van der Waals surface area contributed by atoms with E-state index in [2.05, 4.69) is 217 Å². The molecule has 3 heterocycles. The van der Waals surface area contributed by atoms with Gasteiger partial charge in [-0.1, -0.05) is 151 Å². The zero-order valence-corrected chi connectivity index (χ0v) is 37.4. The molecule has 68 heavy (non-hydrogen) atoms. The summed E-state index contributed by atoms with van der Waals surface area (Å²) in [7, 11) is 0. The summed E-state index contributed by atoms with van der Waals surface area (Å²) in [6, 6.07) is 79.1. The highest BCUT2D eigenvalue weighted by molar-refractivity contribution is 6.11. The fourth-order valence-corrected chi connectivity index (χ4v) is 10.3. The maximum Gasteiger partial charge on any atom is 0.101 e. The van der Waals surface area contributed by atoms with Gasteiger partial charge in [-0.3, -0.25) is 0 Å². The lowest BCUT2D eigenvalue weighted by Gasteiger charge is -2.24. The van der Waals surface area contributed by atoms with Crippen molar-refractivity contribution in [2.24, 2.45) is 0 Å². The van der Waals surface area contributed by atoms with E-state index in [4.69, 9.17) is 4.98 Å². The minimum absolute atomic E-state index is 0.310. The molecule has 0 saturated carbocycles. The van der Waals surface area contributed by atoms with Crippen LogP contribution in [0.5, 0.6) is 0 Å². The highest BCUT2D eigenvalue weighted by atomic mass is 15.0. The summed E-state index contributed by atoms with van der Waals surface area (Å²) in [5.74, 6) is 0. The first-order valence-corrected chi connectivity index (χ1v) is 22.8. The number of nitriles is 2. The minimum Gasteiger partial charge on any atom is -0.309 e. The van der Waals surface area contributed by atoms with Gasteiger partial charge in [0.1, 0.15) is 12.1 Å². The van der Waals surface area contributed by atoms with Crippen LogP contribution in [0.2, 0.25) is 0 Å². The molecule has 0 spiro atoms. The number of pyridine rings is 1. The van der Waals surface area contributed by atoms with E-state index < -0.39 is 0 Å². The van der Waals surface area contributed by atoms with Gasteiger partial charge in [0.15, 0.2) is 0 Å². The lowest BCUT2D eigenvalue weighted by Crippen LogP contribution is -2.03. The van der Waals surface area contributed by atoms with Crippen LogP contribution in [0.15, 0.2) is 212 Å². The zero-order valence-electron chi connectivity index (χ0n) is 37.4. The minimum atomic E-state index is 0.310. The number of rotatable bonds is 7. The topological polar surface area (TPSA) is 70.3 Å². The van der Waals surface area contributed by atoms with E-state index >= 15 is 0 Å². The molecule has 0 N–H and O–H groups in total. The third-order valence-electron chi connectivity index (χ3n) is 13.3. The molecule has 0 aliphatic heterocycles. The average Bonchev–Trinajstić information content (AvgIpc) is 3.90. The Morgan fingerprint density at radius 3 is 1.25 bits per heavy atom. The quantitative estimate of drug-likeness (QED) is 0.160. The van der Waals surface area contributed by atoms with Crippen LogP contribution in [-0.2, 0) is 0 Å². The number of nitrogens with zero attached hydrogens (tertiary/aromatic N) is 5. The maximum absolute atomic E-state index is 10.6. The summed E-state index contributed by atoms with van der Waals surface area (Å²) in [5, 5.41) is 25.6. The van der Waals surface area contributed by atoms with Gasteiger partial charge in [-0.05, 0) is 103 Å². The van der Waals surface area contributed by atoms with Gasteiger partial charge in [-0.2, -0.15) is 10.5 Å². The van der Waals surface area contributed by atoms with Crippen molar-refractivity contribution in [3.8, 4) is 79.4 Å². The summed E-state index contributed by atoms with van der Waals surface area (Å²) >= 11 is 0. The van der Waals surface area contributed by atoms with Gasteiger partial charge in [0.25, 0.3) is 0 Å². The van der Waals surface area contributed by atoms with Crippen LogP contribution in [-0.4, -0.2) is 14.1 Å². The molecular formula is C63H41N5. The van der Waals surface area contributed by atoms with Crippen molar-refractivity contribution in [1.82, 2.24) is 14.1 Å². The van der Waals surface area contributed by atoms with Gasteiger partial charge in [-0.25, -0.2) is 4.98 Å². The second-order valence-corrected chi connectivity index (χ2v) is 17.5. The van der Waals surface area contributed by atoms with Crippen LogP contribution in [0.4, 0.5) is 0 Å². The first-order valence-electron chi connectivity index (χ1n) is 22.8. The largest absolute Gasteiger partial charge is 0.309 e. The summed E-state index contributed by atoms with van der Waals surface area (Å²) in [6.07, 6.45) is 0. The zero-order chi connectivity index (χ0) is 45.9. The van der Waals surface area contributed by atoms with Gasteiger partial charge < -0.3 is 9.13 Å². The molecule has 3 aromatic heterocycles. The number of benzene rings is 9. The highest BCUT2D eigenvalue weighted by Crippen LogP contribution is 2.50. The predicted octanol–water partition coefficient (Wildman–Crippen LogP) is 16.0. The number of hydrogen-bond acceptors (Lipinski definition) is 3. The van der Waals surface area contributed by atoms with Gasteiger partial charge >= 0.3 is 0 Å². The molecule has 0 aliphatic carbocycles. The number of para-hydroxylation sites is 2. The molecule has 0 radical (unpaired) electrons. The molecule has 0 aliphatic rings. The van der Waals surface area contributed by atoms with Gasteiger partial charge in [0.05, 0.1) is 44.6 Å². The number of aromatic nitrogens is 3. The molecule has 0 saturated heterocycles. The van der Waals surface area contributed by atoms with E-state index in [0.29, 0.717) is 11.1 Å². The first kappa shape index (κ1) is 40.2. The van der Waals surface area contributed by atoms with Crippen molar-refractivity contribution < 1.29 is 0 Å². The Labute approximate surface area is 394 Å². The maximum atomic E-state index is 10.6. The molecular weight excluding hydrogens is 827 g/mol. The number of fused-ring (bicyclic) bond motifs is 6. The smallest absolute Gasteiger partial charge is 0.101 e. The molecule has 318 valence electrons. The normalized spacial score (nSPS) is 11.4. The molecule has 0 bridgehead atoms. The van der Waals surface area contributed by atoms with Crippen molar-refractivity contribution in [2.45, 2.75) is 13.8 Å². The second kappa shape index (κ2) is 16.3. The average molecular weight is 868 g/mol. The fraction of sp³-hybridized carbons (Fsp3) is 0.0317. The van der Waals surface area contributed by atoms with Crippen LogP contribution >= 0.6 is 0 Å². The van der Waals surface area contributed by atoms with Crippen molar-refractivity contribution in [3.05, 3.63) is 235 Å². The van der Waals surface area contributed by atoms with Crippen molar-refractivity contribution in [2.75, 3.05) is 0 Å². The number of aryl methyl sites for hydroxylation is 2. The monoisotopic (exact) mass is 867 g/mol. The van der Waals surface area contributed by atoms with E-state index in [1.807, 2.05) is 24.3 Å². The molecule has 0 unspecified atom stereocenters. The Morgan fingerprint density at radius 1 is 0.338 bits per heavy atom. The van der Waals surface area contributed by atoms with E-state index in [-0.39, 0.29) is 0 Å².